The van der Waals surface area contributed by atoms with Crippen molar-refractivity contribution >= 4 is 62.1 Å². The number of amides is 1. The van der Waals surface area contributed by atoms with E-state index in [1.165, 1.54) is 18.2 Å². The Morgan fingerprint density at radius 2 is 1.81 bits per heavy atom. The van der Waals surface area contributed by atoms with E-state index in [-0.39, 0.29) is 23.0 Å². The molecule has 0 spiro atoms. The number of sulfonamides is 1. The van der Waals surface area contributed by atoms with Gasteiger partial charge in [0.05, 0.1) is 29.2 Å². The third-order valence-corrected chi connectivity index (χ3v) is 5.60. The van der Waals surface area contributed by atoms with Crippen molar-refractivity contribution < 1.29 is 17.9 Å². The quantitative estimate of drug-likeness (QED) is 0.795. The van der Waals surface area contributed by atoms with E-state index in [4.69, 9.17) is 39.5 Å². The SMILES string of the molecule is CS(=O)(=O)N1CC(C(=O)Nc2ccc(Cl)cc2Cl)Oc2ccc(Cl)cc21. The summed E-state index contributed by atoms with van der Waals surface area (Å²) in [6.07, 6.45) is -0.0150. The highest BCUT2D eigenvalue weighted by Crippen LogP contribution is 2.37. The van der Waals surface area contributed by atoms with Gasteiger partial charge in [0.1, 0.15) is 5.75 Å². The highest BCUT2D eigenvalue weighted by atomic mass is 35.5. The maximum atomic E-state index is 12.6. The van der Waals surface area contributed by atoms with Crippen LogP contribution in [0, 0.1) is 0 Å². The van der Waals surface area contributed by atoms with Crippen LogP contribution in [0.3, 0.4) is 0 Å². The summed E-state index contributed by atoms with van der Waals surface area (Å²) < 4.78 is 31.0. The summed E-state index contributed by atoms with van der Waals surface area (Å²) in [4.78, 5) is 12.6. The fourth-order valence-corrected chi connectivity index (χ4v) is 4.01. The van der Waals surface area contributed by atoms with Gasteiger partial charge in [-0.3, -0.25) is 9.10 Å². The standard InChI is InChI=1S/C16H13Cl3N2O4S/c1-26(23,24)21-8-15(25-14-5-3-10(18)7-13(14)21)16(22)20-12-4-2-9(17)6-11(12)19/h2-7,15H,8H2,1H3,(H,20,22). The number of hydrogen-bond acceptors (Lipinski definition) is 4. The van der Waals surface area contributed by atoms with Gasteiger partial charge in [0.25, 0.3) is 5.91 Å². The van der Waals surface area contributed by atoms with E-state index in [9.17, 15) is 13.2 Å². The van der Waals surface area contributed by atoms with Crippen molar-refractivity contribution in [2.24, 2.45) is 0 Å². The summed E-state index contributed by atoms with van der Waals surface area (Å²) in [5.74, 6) is -0.295. The maximum absolute atomic E-state index is 12.6. The summed E-state index contributed by atoms with van der Waals surface area (Å²) in [6.45, 7) is -0.191. The highest BCUT2D eigenvalue weighted by molar-refractivity contribution is 7.92. The number of carbonyl (C=O) groups excluding carboxylic acids is 1. The summed E-state index contributed by atoms with van der Waals surface area (Å²) in [5.41, 5.74) is 0.631. The molecule has 138 valence electrons. The van der Waals surface area contributed by atoms with Crippen LogP contribution in [0.5, 0.6) is 5.75 Å². The zero-order valence-corrected chi connectivity index (χ0v) is 16.5. The van der Waals surface area contributed by atoms with Gasteiger partial charge < -0.3 is 10.1 Å². The van der Waals surface area contributed by atoms with Crippen LogP contribution >= 0.6 is 34.8 Å². The molecule has 0 saturated carbocycles. The third-order valence-electron chi connectivity index (χ3n) is 3.67. The van der Waals surface area contributed by atoms with Crippen molar-refractivity contribution in [3.63, 3.8) is 0 Å². The van der Waals surface area contributed by atoms with Crippen molar-refractivity contribution in [2.45, 2.75) is 6.10 Å². The minimum Gasteiger partial charge on any atom is -0.476 e. The fourth-order valence-electron chi connectivity index (χ4n) is 2.48. The molecule has 0 radical (unpaired) electrons. The number of fused-ring (bicyclic) bond motifs is 1. The van der Waals surface area contributed by atoms with Crippen LogP contribution in [0.2, 0.25) is 15.1 Å². The molecule has 3 rings (SSSR count). The number of hydrogen-bond donors (Lipinski definition) is 1. The van der Waals surface area contributed by atoms with Gasteiger partial charge >= 0.3 is 0 Å². The molecule has 1 amide bonds. The zero-order valence-electron chi connectivity index (χ0n) is 13.4. The smallest absolute Gasteiger partial charge is 0.267 e. The van der Waals surface area contributed by atoms with E-state index in [1.807, 2.05) is 0 Å². The Morgan fingerprint density at radius 1 is 1.15 bits per heavy atom. The summed E-state index contributed by atoms with van der Waals surface area (Å²) in [5, 5.41) is 3.66. The predicted molar refractivity (Wildman–Crippen MR) is 103 cm³/mol. The molecule has 1 N–H and O–H groups in total. The normalized spacial score (nSPS) is 16.6. The molecule has 6 nitrogen and oxygen atoms in total. The zero-order chi connectivity index (χ0) is 19.1. The number of carbonyl (C=O) groups is 1. The van der Waals surface area contributed by atoms with E-state index >= 15 is 0 Å². The van der Waals surface area contributed by atoms with Gasteiger partial charge in [-0.1, -0.05) is 34.8 Å². The van der Waals surface area contributed by atoms with E-state index in [1.54, 1.807) is 18.2 Å². The van der Waals surface area contributed by atoms with Crippen molar-refractivity contribution in [3.8, 4) is 5.75 Å². The lowest BCUT2D eigenvalue weighted by molar-refractivity contribution is -0.122. The molecular weight excluding hydrogens is 423 g/mol. The van der Waals surface area contributed by atoms with Gasteiger partial charge in [-0.15, -0.1) is 0 Å². The van der Waals surface area contributed by atoms with Crippen molar-refractivity contribution in [3.05, 3.63) is 51.5 Å². The molecule has 0 aromatic heterocycles. The number of halogens is 3. The Morgan fingerprint density at radius 3 is 2.46 bits per heavy atom. The molecule has 1 atom stereocenters. The van der Waals surface area contributed by atoms with E-state index < -0.39 is 22.0 Å². The minimum absolute atomic E-state index is 0.191. The molecule has 1 aliphatic heterocycles. The second-order valence-corrected chi connectivity index (χ2v) is 8.81. The Bertz CT molecular complexity index is 981. The first-order chi connectivity index (χ1) is 12.1. The highest BCUT2D eigenvalue weighted by Gasteiger charge is 2.35. The van der Waals surface area contributed by atoms with Crippen LogP contribution in [0.25, 0.3) is 0 Å². The first kappa shape index (κ1) is 19.1. The number of benzene rings is 2. The van der Waals surface area contributed by atoms with Crippen LogP contribution in [-0.4, -0.2) is 33.2 Å². The second kappa shape index (κ2) is 7.15. The first-order valence-corrected chi connectivity index (χ1v) is 10.3. The van der Waals surface area contributed by atoms with Gasteiger partial charge in [0, 0.05) is 10.0 Å². The Kier molecular flexibility index (Phi) is 5.25. The molecule has 2 aromatic rings. The number of rotatable bonds is 3. The number of nitrogens with one attached hydrogen (secondary N) is 1. The van der Waals surface area contributed by atoms with Gasteiger partial charge in [0.15, 0.2) is 6.10 Å². The molecule has 1 aliphatic rings. The van der Waals surface area contributed by atoms with Gasteiger partial charge in [-0.05, 0) is 36.4 Å². The molecule has 1 unspecified atom stereocenters. The number of anilines is 2. The van der Waals surface area contributed by atoms with Gasteiger partial charge in [-0.2, -0.15) is 0 Å². The van der Waals surface area contributed by atoms with Crippen molar-refractivity contribution in [2.75, 3.05) is 22.4 Å². The van der Waals surface area contributed by atoms with Crippen LogP contribution in [0.15, 0.2) is 36.4 Å². The lowest BCUT2D eigenvalue weighted by Gasteiger charge is -2.34. The molecule has 10 heteroatoms. The van der Waals surface area contributed by atoms with Crippen LogP contribution in [0.1, 0.15) is 0 Å². The van der Waals surface area contributed by atoms with Crippen LogP contribution in [0.4, 0.5) is 11.4 Å². The monoisotopic (exact) mass is 434 g/mol. The average molecular weight is 436 g/mol. The topological polar surface area (TPSA) is 75.7 Å². The summed E-state index contributed by atoms with van der Waals surface area (Å²) >= 11 is 17.8. The van der Waals surface area contributed by atoms with E-state index in [0.717, 1.165) is 10.6 Å². The van der Waals surface area contributed by atoms with E-state index in [0.29, 0.717) is 15.7 Å². The van der Waals surface area contributed by atoms with Crippen molar-refractivity contribution in [1.29, 1.82) is 0 Å². The fraction of sp³-hybridized carbons (Fsp3) is 0.188. The number of ether oxygens (including phenoxy) is 1. The number of nitrogens with zero attached hydrogens (tertiary/aromatic N) is 1. The molecule has 1 heterocycles. The molecule has 0 bridgehead atoms. The second-order valence-electron chi connectivity index (χ2n) is 5.63. The molecule has 0 fully saturated rings. The molecule has 2 aromatic carbocycles. The molecular formula is C16H13Cl3N2O4S. The van der Waals surface area contributed by atoms with Crippen LogP contribution < -0.4 is 14.4 Å². The van der Waals surface area contributed by atoms with Gasteiger partial charge in [-0.25, -0.2) is 8.42 Å². The molecule has 0 aliphatic carbocycles. The average Bonchev–Trinajstić information content (AvgIpc) is 2.55. The maximum Gasteiger partial charge on any atom is 0.267 e. The van der Waals surface area contributed by atoms with Crippen molar-refractivity contribution in [1.82, 2.24) is 0 Å². The molecule has 26 heavy (non-hydrogen) atoms. The third kappa shape index (κ3) is 4.01. The Hall–Kier alpha value is -1.67. The van der Waals surface area contributed by atoms with Gasteiger partial charge in [0.2, 0.25) is 10.0 Å². The Balaban J connectivity index is 1.89. The Labute approximate surface area is 165 Å². The largest absolute Gasteiger partial charge is 0.476 e. The summed E-state index contributed by atoms with van der Waals surface area (Å²) in [7, 11) is -3.64. The minimum atomic E-state index is -3.64. The van der Waals surface area contributed by atoms with Crippen LogP contribution in [-0.2, 0) is 14.8 Å². The van der Waals surface area contributed by atoms with E-state index in [2.05, 4.69) is 5.32 Å². The molecule has 0 saturated heterocycles. The first-order valence-electron chi connectivity index (χ1n) is 7.35. The predicted octanol–water partition coefficient (Wildman–Crippen LogP) is 3.81. The summed E-state index contributed by atoms with van der Waals surface area (Å²) in [6, 6.07) is 9.16. The lowest BCUT2D eigenvalue weighted by Crippen LogP contribution is -2.48. The lowest BCUT2D eigenvalue weighted by atomic mass is 10.2.